The lowest BCUT2D eigenvalue weighted by Crippen LogP contribution is -2.53. The lowest BCUT2D eigenvalue weighted by Gasteiger charge is -2.38. The van der Waals surface area contributed by atoms with E-state index in [4.69, 9.17) is 14.2 Å². The molecule has 6 heteroatoms. The van der Waals surface area contributed by atoms with Gasteiger partial charge in [-0.1, -0.05) is 12.1 Å². The minimum atomic E-state index is -0.468. The van der Waals surface area contributed by atoms with Gasteiger partial charge in [0.15, 0.2) is 6.10 Å². The zero-order valence-corrected chi connectivity index (χ0v) is 12.9. The highest BCUT2D eigenvalue weighted by molar-refractivity contribution is 5.83. The number of benzene rings is 1. The van der Waals surface area contributed by atoms with Crippen molar-refractivity contribution in [1.82, 2.24) is 4.90 Å². The van der Waals surface area contributed by atoms with Crippen LogP contribution < -0.4 is 9.64 Å². The quantitative estimate of drug-likeness (QED) is 0.822. The first kappa shape index (κ1) is 15.1. The molecule has 1 saturated heterocycles. The fourth-order valence-corrected chi connectivity index (χ4v) is 2.84. The van der Waals surface area contributed by atoms with Gasteiger partial charge < -0.3 is 24.0 Å². The summed E-state index contributed by atoms with van der Waals surface area (Å²) in [6, 6.07) is 7.83. The number of fused-ring (bicyclic) bond motifs is 1. The number of para-hydroxylation sites is 2. The van der Waals surface area contributed by atoms with Crippen molar-refractivity contribution in [2.45, 2.75) is 6.10 Å². The number of carbonyl (C=O) groups is 1. The van der Waals surface area contributed by atoms with Crippen LogP contribution in [0.1, 0.15) is 0 Å². The molecule has 1 aromatic rings. The van der Waals surface area contributed by atoms with Gasteiger partial charge in [0.05, 0.1) is 32.1 Å². The lowest BCUT2D eigenvalue weighted by atomic mass is 10.1. The summed E-state index contributed by atoms with van der Waals surface area (Å²) in [5.74, 6) is 0.802. The molecule has 0 aromatic heterocycles. The second-order valence-electron chi connectivity index (χ2n) is 5.45. The normalized spacial score (nSPS) is 21.2. The zero-order chi connectivity index (χ0) is 15.4. The van der Waals surface area contributed by atoms with Gasteiger partial charge in [-0.15, -0.1) is 0 Å². The van der Waals surface area contributed by atoms with Crippen molar-refractivity contribution < 1.29 is 19.0 Å². The molecule has 1 atom stereocenters. The summed E-state index contributed by atoms with van der Waals surface area (Å²) < 4.78 is 16.4. The van der Waals surface area contributed by atoms with E-state index in [2.05, 4.69) is 4.90 Å². The van der Waals surface area contributed by atoms with E-state index in [1.807, 2.05) is 29.2 Å². The number of hydrogen-bond acceptors (Lipinski definition) is 5. The number of morpholine rings is 1. The van der Waals surface area contributed by atoms with Gasteiger partial charge in [-0.05, 0) is 12.1 Å². The summed E-state index contributed by atoms with van der Waals surface area (Å²) in [5.41, 5.74) is 1.02. The predicted molar refractivity (Wildman–Crippen MR) is 82.3 cm³/mol. The number of hydrogen-bond donors (Lipinski definition) is 0. The fourth-order valence-electron chi connectivity index (χ4n) is 2.84. The van der Waals surface area contributed by atoms with Crippen LogP contribution >= 0.6 is 0 Å². The molecule has 1 fully saturated rings. The zero-order valence-electron chi connectivity index (χ0n) is 12.9. The number of carbonyl (C=O) groups excluding carboxylic acids is 1. The molecule has 1 amide bonds. The van der Waals surface area contributed by atoms with Crippen molar-refractivity contribution in [3.63, 3.8) is 0 Å². The highest BCUT2D eigenvalue weighted by atomic mass is 16.5. The van der Waals surface area contributed by atoms with Crippen LogP contribution in [0.2, 0.25) is 0 Å². The van der Waals surface area contributed by atoms with Crippen molar-refractivity contribution in [2.24, 2.45) is 0 Å². The van der Waals surface area contributed by atoms with Crippen LogP contribution in [0, 0.1) is 0 Å². The molecule has 0 bridgehead atoms. The van der Waals surface area contributed by atoms with E-state index in [-0.39, 0.29) is 5.91 Å². The van der Waals surface area contributed by atoms with Gasteiger partial charge in [0, 0.05) is 26.7 Å². The first-order chi connectivity index (χ1) is 10.8. The Kier molecular flexibility index (Phi) is 4.80. The molecule has 2 aliphatic heterocycles. The average Bonchev–Trinajstić information content (AvgIpc) is 2.59. The van der Waals surface area contributed by atoms with Crippen LogP contribution in [0.15, 0.2) is 24.3 Å². The Morgan fingerprint density at radius 2 is 2.09 bits per heavy atom. The van der Waals surface area contributed by atoms with Crippen molar-refractivity contribution in [2.75, 3.05) is 58.0 Å². The van der Waals surface area contributed by atoms with Crippen LogP contribution in [-0.4, -0.2) is 70.0 Å². The Morgan fingerprint density at radius 3 is 2.86 bits per heavy atom. The molecule has 3 rings (SSSR count). The van der Waals surface area contributed by atoms with E-state index in [1.54, 1.807) is 7.11 Å². The summed E-state index contributed by atoms with van der Waals surface area (Å²) in [7, 11) is 1.68. The molecular formula is C16H22N2O4. The van der Waals surface area contributed by atoms with Gasteiger partial charge in [0.25, 0.3) is 5.91 Å². The van der Waals surface area contributed by atoms with Crippen LogP contribution in [0.4, 0.5) is 5.69 Å². The third-order valence-corrected chi connectivity index (χ3v) is 4.02. The number of methoxy groups -OCH3 is 1. The largest absolute Gasteiger partial charge is 0.477 e. The van der Waals surface area contributed by atoms with Crippen molar-refractivity contribution in [3.05, 3.63) is 24.3 Å². The topological polar surface area (TPSA) is 51.2 Å². The molecule has 1 unspecified atom stereocenters. The molecule has 120 valence electrons. The summed E-state index contributed by atoms with van der Waals surface area (Å²) in [4.78, 5) is 16.7. The molecule has 2 aliphatic rings. The van der Waals surface area contributed by atoms with Gasteiger partial charge in [-0.25, -0.2) is 0 Å². The van der Waals surface area contributed by atoms with Crippen molar-refractivity contribution in [3.8, 4) is 5.75 Å². The van der Waals surface area contributed by atoms with E-state index >= 15 is 0 Å². The van der Waals surface area contributed by atoms with Crippen LogP contribution in [0.3, 0.4) is 0 Å². The fraction of sp³-hybridized carbons (Fsp3) is 0.562. The lowest BCUT2D eigenvalue weighted by molar-refractivity contribution is -0.142. The van der Waals surface area contributed by atoms with E-state index in [0.717, 1.165) is 18.0 Å². The standard InChI is InChI=1S/C16H22N2O4/c1-20-9-6-18-12-15(16(19)17-7-10-21-11-8-17)22-14-5-3-2-4-13(14)18/h2-5,15H,6-12H2,1H3. The van der Waals surface area contributed by atoms with Crippen LogP contribution in [0.25, 0.3) is 0 Å². The number of anilines is 1. The molecule has 0 N–H and O–H groups in total. The maximum atomic E-state index is 12.7. The molecular weight excluding hydrogens is 284 g/mol. The predicted octanol–water partition coefficient (Wildman–Crippen LogP) is 0.759. The number of rotatable bonds is 4. The molecule has 0 saturated carbocycles. The SMILES string of the molecule is COCCN1CC(C(=O)N2CCOCC2)Oc2ccccc21. The molecule has 22 heavy (non-hydrogen) atoms. The van der Waals surface area contributed by atoms with E-state index in [1.165, 1.54) is 0 Å². The van der Waals surface area contributed by atoms with E-state index in [9.17, 15) is 4.79 Å². The summed E-state index contributed by atoms with van der Waals surface area (Å²) in [5, 5.41) is 0. The molecule has 1 aromatic carbocycles. The number of ether oxygens (including phenoxy) is 3. The first-order valence-electron chi connectivity index (χ1n) is 7.65. The van der Waals surface area contributed by atoms with Gasteiger partial charge in [-0.2, -0.15) is 0 Å². The highest BCUT2D eigenvalue weighted by Crippen LogP contribution is 2.33. The van der Waals surface area contributed by atoms with Gasteiger partial charge >= 0.3 is 0 Å². The Bertz CT molecular complexity index is 517. The third-order valence-electron chi connectivity index (χ3n) is 4.02. The third kappa shape index (κ3) is 3.18. The Hall–Kier alpha value is -1.79. The summed E-state index contributed by atoms with van der Waals surface area (Å²) in [6.07, 6.45) is -0.468. The van der Waals surface area contributed by atoms with Crippen molar-refractivity contribution >= 4 is 11.6 Å². The monoisotopic (exact) mass is 306 g/mol. The van der Waals surface area contributed by atoms with Crippen LogP contribution in [-0.2, 0) is 14.3 Å². The molecule has 0 spiro atoms. The maximum Gasteiger partial charge on any atom is 0.265 e. The molecule has 0 radical (unpaired) electrons. The Balaban J connectivity index is 1.75. The minimum absolute atomic E-state index is 0.0419. The summed E-state index contributed by atoms with van der Waals surface area (Å²) in [6.45, 7) is 4.38. The smallest absolute Gasteiger partial charge is 0.265 e. The Morgan fingerprint density at radius 1 is 1.32 bits per heavy atom. The van der Waals surface area contributed by atoms with E-state index in [0.29, 0.717) is 39.5 Å². The average molecular weight is 306 g/mol. The maximum absolute atomic E-state index is 12.7. The van der Waals surface area contributed by atoms with Gasteiger partial charge in [-0.3, -0.25) is 4.79 Å². The number of amides is 1. The van der Waals surface area contributed by atoms with Crippen molar-refractivity contribution in [1.29, 1.82) is 0 Å². The second kappa shape index (κ2) is 6.98. The molecule has 2 heterocycles. The van der Waals surface area contributed by atoms with E-state index < -0.39 is 6.10 Å². The molecule has 6 nitrogen and oxygen atoms in total. The van der Waals surface area contributed by atoms with Crippen LogP contribution in [0.5, 0.6) is 5.75 Å². The van der Waals surface area contributed by atoms with Gasteiger partial charge in [0.2, 0.25) is 0 Å². The second-order valence-corrected chi connectivity index (χ2v) is 5.45. The molecule has 0 aliphatic carbocycles. The highest BCUT2D eigenvalue weighted by Gasteiger charge is 2.33. The Labute approximate surface area is 130 Å². The number of nitrogens with zero attached hydrogens (tertiary/aromatic N) is 2. The first-order valence-corrected chi connectivity index (χ1v) is 7.65. The minimum Gasteiger partial charge on any atom is -0.477 e. The summed E-state index contributed by atoms with van der Waals surface area (Å²) >= 11 is 0. The van der Waals surface area contributed by atoms with Gasteiger partial charge in [0.1, 0.15) is 5.75 Å².